The Labute approximate surface area is 136 Å². The van der Waals surface area contributed by atoms with Crippen molar-refractivity contribution in [2.75, 3.05) is 17.2 Å². The van der Waals surface area contributed by atoms with Crippen LogP contribution < -0.4 is 10.6 Å². The van der Waals surface area contributed by atoms with Gasteiger partial charge in [0.15, 0.2) is 0 Å². The van der Waals surface area contributed by atoms with Crippen LogP contribution >= 0.6 is 27.5 Å². The van der Waals surface area contributed by atoms with Crippen LogP contribution in [0, 0.1) is 5.82 Å². The fourth-order valence-electron chi connectivity index (χ4n) is 1.70. The number of hydrogen-bond donors (Lipinski definition) is 2. The van der Waals surface area contributed by atoms with Gasteiger partial charge < -0.3 is 10.6 Å². The molecule has 4 nitrogen and oxygen atoms in total. The van der Waals surface area contributed by atoms with Crippen LogP contribution in [0.5, 0.6) is 0 Å². The number of aromatic nitrogens is 2. The fourth-order valence-corrected chi connectivity index (χ4v) is 2.38. The van der Waals surface area contributed by atoms with Crippen LogP contribution in [-0.2, 0) is 6.54 Å². The van der Waals surface area contributed by atoms with Crippen LogP contribution in [0.4, 0.5) is 16.0 Å². The lowest BCUT2D eigenvalue weighted by molar-refractivity contribution is 0.627. The lowest BCUT2D eigenvalue weighted by Crippen LogP contribution is -2.07. The van der Waals surface area contributed by atoms with E-state index in [4.69, 9.17) is 11.6 Å². The van der Waals surface area contributed by atoms with Crippen molar-refractivity contribution < 1.29 is 4.39 Å². The molecule has 7 heteroatoms. The average molecular weight is 374 g/mol. The maximum atomic E-state index is 13.1. The van der Waals surface area contributed by atoms with Crippen LogP contribution in [0.3, 0.4) is 0 Å². The maximum absolute atomic E-state index is 13.1. The highest BCUT2D eigenvalue weighted by atomic mass is 79.9. The second kappa shape index (κ2) is 7.56. The number of hydrogen-bond acceptors (Lipinski definition) is 4. The van der Waals surface area contributed by atoms with Gasteiger partial charge in [-0.3, -0.25) is 0 Å². The van der Waals surface area contributed by atoms with Gasteiger partial charge in [-0.25, -0.2) is 14.4 Å². The van der Waals surface area contributed by atoms with E-state index in [0.717, 1.165) is 28.8 Å². The van der Waals surface area contributed by atoms with Gasteiger partial charge >= 0.3 is 0 Å². The van der Waals surface area contributed by atoms with E-state index < -0.39 is 5.82 Å². The fraction of sp³-hybridized carbons (Fsp3) is 0.286. The summed E-state index contributed by atoms with van der Waals surface area (Å²) in [7, 11) is 0. The molecule has 1 heterocycles. The molecule has 0 radical (unpaired) electrons. The molecule has 1 aromatic heterocycles. The molecular weight excluding hydrogens is 359 g/mol. The molecule has 0 aliphatic rings. The number of anilines is 2. The molecule has 0 amide bonds. The highest BCUT2D eigenvalue weighted by molar-refractivity contribution is 9.10. The summed E-state index contributed by atoms with van der Waals surface area (Å²) in [6, 6.07) is 4.62. The van der Waals surface area contributed by atoms with Crippen molar-refractivity contribution in [2.45, 2.75) is 19.9 Å². The predicted molar refractivity (Wildman–Crippen MR) is 87.2 cm³/mol. The molecular formula is C14H15BrClFN4. The summed E-state index contributed by atoms with van der Waals surface area (Å²) < 4.78 is 13.9. The first-order valence-electron chi connectivity index (χ1n) is 6.54. The molecule has 0 bridgehead atoms. The Morgan fingerprint density at radius 3 is 2.62 bits per heavy atom. The van der Waals surface area contributed by atoms with E-state index in [9.17, 15) is 4.39 Å². The molecule has 0 saturated carbocycles. The second-order valence-electron chi connectivity index (χ2n) is 4.41. The first-order chi connectivity index (χ1) is 10.1. The maximum Gasteiger partial charge on any atom is 0.146 e. The molecule has 0 spiro atoms. The molecule has 112 valence electrons. The van der Waals surface area contributed by atoms with E-state index in [1.54, 1.807) is 12.1 Å². The molecule has 0 unspecified atom stereocenters. The van der Waals surface area contributed by atoms with Gasteiger partial charge in [0.25, 0.3) is 0 Å². The second-order valence-corrected chi connectivity index (χ2v) is 5.61. The minimum Gasteiger partial charge on any atom is -0.369 e. The largest absolute Gasteiger partial charge is 0.369 e. The topological polar surface area (TPSA) is 49.8 Å². The van der Waals surface area contributed by atoms with Crippen molar-refractivity contribution in [3.05, 3.63) is 45.4 Å². The number of benzene rings is 1. The number of halogens is 3. The van der Waals surface area contributed by atoms with Crippen molar-refractivity contribution in [2.24, 2.45) is 0 Å². The molecule has 0 saturated heterocycles. The Balaban J connectivity index is 2.07. The molecule has 2 aromatic rings. The molecule has 0 fully saturated rings. The summed E-state index contributed by atoms with van der Waals surface area (Å²) in [6.07, 6.45) is 2.50. The summed E-state index contributed by atoms with van der Waals surface area (Å²) in [5.74, 6) is 0.991. The highest BCUT2D eigenvalue weighted by Gasteiger charge is 2.08. The van der Waals surface area contributed by atoms with Crippen molar-refractivity contribution in [3.63, 3.8) is 0 Å². The molecule has 2 rings (SSSR count). The first kappa shape index (κ1) is 16.0. The van der Waals surface area contributed by atoms with Crippen LogP contribution in [0.2, 0.25) is 5.02 Å². The van der Waals surface area contributed by atoms with Crippen LogP contribution in [-0.4, -0.2) is 16.5 Å². The first-order valence-corrected chi connectivity index (χ1v) is 7.71. The zero-order valence-corrected chi connectivity index (χ0v) is 13.8. The van der Waals surface area contributed by atoms with Gasteiger partial charge in [0, 0.05) is 13.1 Å². The minimum atomic E-state index is -0.422. The van der Waals surface area contributed by atoms with Gasteiger partial charge in [-0.05, 0) is 40.0 Å². The third-order valence-corrected chi connectivity index (χ3v) is 3.82. The Morgan fingerprint density at radius 2 is 1.95 bits per heavy atom. The Kier molecular flexibility index (Phi) is 5.76. The summed E-state index contributed by atoms with van der Waals surface area (Å²) in [5, 5.41) is 6.50. The van der Waals surface area contributed by atoms with Crippen LogP contribution in [0.1, 0.15) is 18.9 Å². The zero-order chi connectivity index (χ0) is 15.2. The van der Waals surface area contributed by atoms with Crippen molar-refractivity contribution >= 4 is 39.2 Å². The summed E-state index contributed by atoms with van der Waals surface area (Å²) in [6.45, 7) is 3.41. The average Bonchev–Trinajstić information content (AvgIpc) is 2.48. The minimum absolute atomic E-state index is 0.112. The van der Waals surface area contributed by atoms with Crippen LogP contribution in [0.25, 0.3) is 0 Å². The quantitative estimate of drug-likeness (QED) is 0.784. The molecule has 0 aliphatic carbocycles. The summed E-state index contributed by atoms with van der Waals surface area (Å²) in [4.78, 5) is 8.36. The SMILES string of the molecule is CCCNc1ncnc(NCc2ccc(F)c(Cl)c2)c1Br. The molecule has 0 aliphatic heterocycles. The normalized spacial score (nSPS) is 10.5. The molecule has 21 heavy (non-hydrogen) atoms. The number of nitrogens with one attached hydrogen (secondary N) is 2. The van der Waals surface area contributed by atoms with Crippen molar-refractivity contribution in [3.8, 4) is 0 Å². The molecule has 0 atom stereocenters. The number of rotatable bonds is 6. The highest BCUT2D eigenvalue weighted by Crippen LogP contribution is 2.27. The summed E-state index contributed by atoms with van der Waals surface area (Å²) in [5.41, 5.74) is 0.870. The van der Waals surface area contributed by atoms with E-state index in [-0.39, 0.29) is 5.02 Å². The van der Waals surface area contributed by atoms with Gasteiger partial charge in [0.2, 0.25) is 0 Å². The Morgan fingerprint density at radius 1 is 1.24 bits per heavy atom. The smallest absolute Gasteiger partial charge is 0.146 e. The van der Waals surface area contributed by atoms with Gasteiger partial charge in [0.05, 0.1) is 5.02 Å². The number of nitrogens with zero attached hydrogens (tertiary/aromatic N) is 2. The van der Waals surface area contributed by atoms with Crippen LogP contribution in [0.15, 0.2) is 29.0 Å². The lowest BCUT2D eigenvalue weighted by Gasteiger charge is -2.11. The van der Waals surface area contributed by atoms with E-state index in [0.29, 0.717) is 12.4 Å². The van der Waals surface area contributed by atoms with E-state index in [1.165, 1.54) is 12.4 Å². The Hall–Kier alpha value is -1.40. The van der Waals surface area contributed by atoms with Crippen molar-refractivity contribution in [1.29, 1.82) is 0 Å². The van der Waals surface area contributed by atoms with Crippen molar-refractivity contribution in [1.82, 2.24) is 9.97 Å². The summed E-state index contributed by atoms with van der Waals surface area (Å²) >= 11 is 9.24. The zero-order valence-electron chi connectivity index (χ0n) is 11.5. The lowest BCUT2D eigenvalue weighted by atomic mass is 10.2. The third kappa shape index (κ3) is 4.28. The Bertz CT molecular complexity index is 624. The monoisotopic (exact) mass is 372 g/mol. The molecule has 1 aromatic carbocycles. The van der Waals surface area contributed by atoms with Gasteiger partial charge in [-0.15, -0.1) is 0 Å². The van der Waals surface area contributed by atoms with Gasteiger partial charge in [0.1, 0.15) is 28.3 Å². The standard InChI is InChI=1S/C14H15BrClFN4/c1-2-5-18-13-12(15)14(21-8-20-13)19-7-9-3-4-11(17)10(16)6-9/h3-4,6,8H,2,5,7H2,1H3,(H2,18,19,20,21). The predicted octanol–water partition coefficient (Wildman–Crippen LogP) is 4.47. The van der Waals surface area contributed by atoms with E-state index >= 15 is 0 Å². The molecule has 2 N–H and O–H groups in total. The van der Waals surface area contributed by atoms with Gasteiger partial charge in [-0.2, -0.15) is 0 Å². The van der Waals surface area contributed by atoms with Gasteiger partial charge in [-0.1, -0.05) is 24.6 Å². The van der Waals surface area contributed by atoms with E-state index in [1.807, 2.05) is 0 Å². The van der Waals surface area contributed by atoms with E-state index in [2.05, 4.69) is 43.5 Å². The third-order valence-electron chi connectivity index (χ3n) is 2.78.